The maximum atomic E-state index is 11.7. The van der Waals surface area contributed by atoms with Crippen molar-refractivity contribution in [3.05, 3.63) is 41.2 Å². The van der Waals surface area contributed by atoms with Crippen LogP contribution in [-0.4, -0.2) is 32.5 Å². The Hall–Kier alpha value is -2.70. The molecular formula is C11H9N3O4. The van der Waals surface area contributed by atoms with E-state index < -0.39 is 17.6 Å². The number of carbonyl (C=O) groups is 2. The molecular weight excluding hydrogens is 238 g/mol. The summed E-state index contributed by atoms with van der Waals surface area (Å²) >= 11 is 0. The number of hydrogen-bond acceptors (Lipinski definition) is 5. The summed E-state index contributed by atoms with van der Waals surface area (Å²) in [6.45, 7) is 1.84. The van der Waals surface area contributed by atoms with Crippen LogP contribution in [0.4, 0.5) is 0 Å². The van der Waals surface area contributed by atoms with Crippen molar-refractivity contribution in [3.63, 3.8) is 0 Å². The Morgan fingerprint density at radius 3 is 2.67 bits per heavy atom. The second kappa shape index (κ2) is 4.66. The molecule has 2 rings (SSSR count). The fourth-order valence-electron chi connectivity index (χ4n) is 1.36. The van der Waals surface area contributed by atoms with Gasteiger partial charge in [-0.3, -0.25) is 0 Å². The Bertz CT molecular complexity index is 606. The van der Waals surface area contributed by atoms with Crippen LogP contribution in [0.2, 0.25) is 0 Å². The third-order valence-electron chi connectivity index (χ3n) is 2.14. The highest BCUT2D eigenvalue weighted by Crippen LogP contribution is 2.14. The molecule has 0 aliphatic carbocycles. The number of hydrogen-bond donors (Lipinski definition) is 2. The van der Waals surface area contributed by atoms with Crippen LogP contribution in [0.1, 0.15) is 26.5 Å². The van der Waals surface area contributed by atoms with E-state index in [1.165, 1.54) is 0 Å². The summed E-state index contributed by atoms with van der Waals surface area (Å²) in [7, 11) is 0. The molecule has 0 saturated heterocycles. The Kier molecular flexibility index (Phi) is 3.05. The zero-order chi connectivity index (χ0) is 13.1. The molecule has 0 radical (unpaired) electrons. The van der Waals surface area contributed by atoms with Crippen molar-refractivity contribution in [3.8, 4) is 5.75 Å². The number of aromatic amines is 1. The standard InChI is InChI=1S/C11H9N3O4/c1-6-3-2-4-7(5-6)18-11(17)9-8(10(15)16)12-14-13-9/h2-5H,1H3,(H,15,16)(H,12,13,14). The van der Waals surface area contributed by atoms with Crippen molar-refractivity contribution in [2.45, 2.75) is 6.92 Å². The number of aryl methyl sites for hydroxylation is 1. The Morgan fingerprint density at radius 1 is 1.28 bits per heavy atom. The number of carboxylic acid groups (broad SMARTS) is 1. The fourth-order valence-corrected chi connectivity index (χ4v) is 1.36. The zero-order valence-electron chi connectivity index (χ0n) is 9.38. The first kappa shape index (κ1) is 11.8. The lowest BCUT2D eigenvalue weighted by Gasteiger charge is -2.02. The number of carboxylic acids is 1. The maximum absolute atomic E-state index is 11.7. The number of rotatable bonds is 3. The molecule has 2 aromatic rings. The Morgan fingerprint density at radius 2 is 2.00 bits per heavy atom. The lowest BCUT2D eigenvalue weighted by Crippen LogP contribution is -2.14. The minimum Gasteiger partial charge on any atom is -0.476 e. The van der Waals surface area contributed by atoms with Crippen molar-refractivity contribution >= 4 is 11.9 Å². The molecule has 0 fully saturated rings. The molecule has 0 amide bonds. The van der Waals surface area contributed by atoms with Gasteiger partial charge < -0.3 is 9.84 Å². The largest absolute Gasteiger partial charge is 0.476 e. The molecule has 0 bridgehead atoms. The zero-order valence-corrected chi connectivity index (χ0v) is 9.38. The van der Waals surface area contributed by atoms with Gasteiger partial charge in [0.15, 0.2) is 0 Å². The summed E-state index contributed by atoms with van der Waals surface area (Å²) in [5, 5.41) is 17.7. The summed E-state index contributed by atoms with van der Waals surface area (Å²) in [6.07, 6.45) is 0. The van der Waals surface area contributed by atoms with Crippen LogP contribution in [-0.2, 0) is 0 Å². The van der Waals surface area contributed by atoms with Crippen molar-refractivity contribution < 1.29 is 19.4 Å². The molecule has 18 heavy (non-hydrogen) atoms. The lowest BCUT2D eigenvalue weighted by atomic mass is 10.2. The number of nitrogens with one attached hydrogen (secondary N) is 1. The van der Waals surface area contributed by atoms with E-state index in [4.69, 9.17) is 9.84 Å². The summed E-state index contributed by atoms with van der Waals surface area (Å²) in [4.78, 5) is 22.5. The third-order valence-corrected chi connectivity index (χ3v) is 2.14. The first-order valence-corrected chi connectivity index (χ1v) is 5.01. The molecule has 0 aliphatic heterocycles. The Balaban J connectivity index is 2.22. The van der Waals surface area contributed by atoms with Gasteiger partial charge in [-0.15, -0.1) is 10.2 Å². The third kappa shape index (κ3) is 2.34. The number of H-pyrrole nitrogens is 1. The topological polar surface area (TPSA) is 105 Å². The number of carbonyl (C=O) groups excluding carboxylic acids is 1. The van der Waals surface area contributed by atoms with E-state index in [2.05, 4.69) is 15.4 Å². The minimum absolute atomic E-state index is 0.319. The smallest absolute Gasteiger partial charge is 0.366 e. The molecule has 0 saturated carbocycles. The first-order valence-electron chi connectivity index (χ1n) is 5.01. The van der Waals surface area contributed by atoms with E-state index in [1.807, 2.05) is 13.0 Å². The normalized spacial score (nSPS) is 10.1. The van der Waals surface area contributed by atoms with Crippen LogP contribution in [0.3, 0.4) is 0 Å². The van der Waals surface area contributed by atoms with Gasteiger partial charge in [-0.05, 0) is 24.6 Å². The molecule has 1 aromatic heterocycles. The van der Waals surface area contributed by atoms with E-state index in [0.717, 1.165) is 5.56 Å². The molecule has 0 aliphatic rings. The Labute approximate surface area is 101 Å². The van der Waals surface area contributed by atoms with Crippen molar-refractivity contribution in [2.24, 2.45) is 0 Å². The highest BCUT2D eigenvalue weighted by atomic mass is 16.5. The second-order valence-electron chi connectivity index (χ2n) is 3.53. The summed E-state index contributed by atoms with van der Waals surface area (Å²) in [5.74, 6) is -1.90. The number of aromatic carboxylic acids is 1. The number of ether oxygens (including phenoxy) is 1. The molecule has 1 aromatic carbocycles. The highest BCUT2D eigenvalue weighted by molar-refractivity contribution is 6.00. The van der Waals surface area contributed by atoms with Crippen LogP contribution >= 0.6 is 0 Å². The summed E-state index contributed by atoms with van der Waals surface area (Å²) < 4.78 is 5.01. The van der Waals surface area contributed by atoms with Crippen LogP contribution in [0.25, 0.3) is 0 Å². The van der Waals surface area contributed by atoms with E-state index in [0.29, 0.717) is 5.75 Å². The molecule has 0 atom stereocenters. The van der Waals surface area contributed by atoms with E-state index in [-0.39, 0.29) is 5.69 Å². The van der Waals surface area contributed by atoms with Crippen molar-refractivity contribution in [1.82, 2.24) is 15.4 Å². The van der Waals surface area contributed by atoms with Crippen molar-refractivity contribution in [1.29, 1.82) is 0 Å². The maximum Gasteiger partial charge on any atom is 0.366 e. The summed E-state index contributed by atoms with van der Waals surface area (Å²) in [5.41, 5.74) is 0.0931. The van der Waals surface area contributed by atoms with Gasteiger partial charge in [-0.25, -0.2) is 9.59 Å². The van der Waals surface area contributed by atoms with Gasteiger partial charge in [-0.2, -0.15) is 5.21 Å². The van der Waals surface area contributed by atoms with E-state index in [1.54, 1.807) is 18.2 Å². The van der Waals surface area contributed by atoms with Crippen LogP contribution < -0.4 is 4.74 Å². The predicted molar refractivity (Wildman–Crippen MR) is 59.5 cm³/mol. The van der Waals surface area contributed by atoms with Gasteiger partial charge in [0.05, 0.1) is 0 Å². The fraction of sp³-hybridized carbons (Fsp3) is 0.0909. The molecule has 1 heterocycles. The highest BCUT2D eigenvalue weighted by Gasteiger charge is 2.23. The van der Waals surface area contributed by atoms with E-state index in [9.17, 15) is 9.59 Å². The number of nitrogens with zero attached hydrogens (tertiary/aromatic N) is 2. The van der Waals surface area contributed by atoms with Gasteiger partial charge in [0, 0.05) is 0 Å². The quantitative estimate of drug-likeness (QED) is 0.620. The van der Waals surface area contributed by atoms with E-state index >= 15 is 0 Å². The molecule has 92 valence electrons. The number of esters is 1. The average molecular weight is 247 g/mol. The molecule has 0 unspecified atom stereocenters. The average Bonchev–Trinajstić information content (AvgIpc) is 2.77. The monoisotopic (exact) mass is 247 g/mol. The molecule has 7 nitrogen and oxygen atoms in total. The molecule has 2 N–H and O–H groups in total. The van der Waals surface area contributed by atoms with Crippen LogP contribution in [0, 0.1) is 6.92 Å². The van der Waals surface area contributed by atoms with Gasteiger partial charge in [-0.1, -0.05) is 12.1 Å². The minimum atomic E-state index is -1.35. The number of benzene rings is 1. The van der Waals surface area contributed by atoms with Crippen LogP contribution in [0.15, 0.2) is 24.3 Å². The summed E-state index contributed by atoms with van der Waals surface area (Å²) in [6, 6.07) is 6.80. The van der Waals surface area contributed by atoms with Crippen LogP contribution in [0.5, 0.6) is 5.75 Å². The van der Waals surface area contributed by atoms with Crippen molar-refractivity contribution in [2.75, 3.05) is 0 Å². The van der Waals surface area contributed by atoms with Gasteiger partial charge in [0.25, 0.3) is 0 Å². The van der Waals surface area contributed by atoms with Gasteiger partial charge >= 0.3 is 11.9 Å². The molecule has 7 heteroatoms. The second-order valence-corrected chi connectivity index (χ2v) is 3.53. The van der Waals surface area contributed by atoms with Gasteiger partial charge in [0.1, 0.15) is 5.75 Å². The predicted octanol–water partition coefficient (Wildman–Crippen LogP) is 1.03. The number of aromatic nitrogens is 3. The SMILES string of the molecule is Cc1cccc(OC(=O)c2n[nH]nc2C(=O)O)c1. The molecule has 0 spiro atoms. The first-order chi connectivity index (χ1) is 8.58. The lowest BCUT2D eigenvalue weighted by molar-refractivity contribution is 0.0661. The van der Waals surface area contributed by atoms with Gasteiger partial charge in [0.2, 0.25) is 11.4 Å².